The van der Waals surface area contributed by atoms with Gasteiger partial charge in [-0.25, -0.2) is 4.39 Å². The van der Waals surface area contributed by atoms with E-state index in [9.17, 15) is 4.39 Å². The molecule has 1 aromatic carbocycles. The zero-order chi connectivity index (χ0) is 13.6. The molecule has 1 nitrogen and oxygen atoms in total. The molecule has 0 fully saturated rings. The lowest BCUT2D eigenvalue weighted by Crippen LogP contribution is -2.35. The van der Waals surface area contributed by atoms with E-state index in [0.717, 1.165) is 37.9 Å². The fourth-order valence-electron chi connectivity index (χ4n) is 2.29. The van der Waals surface area contributed by atoms with E-state index in [4.69, 9.17) is 11.6 Å². The summed E-state index contributed by atoms with van der Waals surface area (Å²) in [7, 11) is 0. The average molecular weight is 272 g/mol. The number of halogens is 2. The molecule has 18 heavy (non-hydrogen) atoms. The minimum absolute atomic E-state index is 0.198. The quantitative estimate of drug-likeness (QED) is 0.773. The van der Waals surface area contributed by atoms with Crippen molar-refractivity contribution in [1.82, 2.24) is 5.32 Å². The first-order chi connectivity index (χ1) is 8.56. The molecule has 102 valence electrons. The van der Waals surface area contributed by atoms with Crippen LogP contribution in [0.4, 0.5) is 4.39 Å². The van der Waals surface area contributed by atoms with Crippen molar-refractivity contribution in [2.24, 2.45) is 5.41 Å². The van der Waals surface area contributed by atoms with Gasteiger partial charge < -0.3 is 5.32 Å². The predicted molar refractivity (Wildman–Crippen MR) is 76.7 cm³/mol. The van der Waals surface area contributed by atoms with Crippen LogP contribution in [0.3, 0.4) is 0 Å². The second kappa shape index (κ2) is 7.10. The molecular weight excluding hydrogens is 249 g/mol. The van der Waals surface area contributed by atoms with Crippen molar-refractivity contribution in [2.75, 3.05) is 13.1 Å². The van der Waals surface area contributed by atoms with E-state index < -0.39 is 0 Å². The summed E-state index contributed by atoms with van der Waals surface area (Å²) in [6, 6.07) is 5.14. The molecule has 3 heteroatoms. The van der Waals surface area contributed by atoms with E-state index in [2.05, 4.69) is 26.1 Å². The fraction of sp³-hybridized carbons (Fsp3) is 0.600. The van der Waals surface area contributed by atoms with Crippen LogP contribution in [-0.4, -0.2) is 13.1 Å². The van der Waals surface area contributed by atoms with Gasteiger partial charge >= 0.3 is 0 Å². The van der Waals surface area contributed by atoms with Crippen LogP contribution in [0.15, 0.2) is 18.2 Å². The topological polar surface area (TPSA) is 12.0 Å². The molecule has 0 saturated heterocycles. The Kier molecular flexibility index (Phi) is 6.10. The van der Waals surface area contributed by atoms with Gasteiger partial charge in [-0.15, -0.1) is 0 Å². The van der Waals surface area contributed by atoms with Gasteiger partial charge in [-0.1, -0.05) is 38.4 Å². The van der Waals surface area contributed by atoms with Gasteiger partial charge in [0.15, 0.2) is 0 Å². The zero-order valence-electron chi connectivity index (χ0n) is 11.5. The molecule has 0 aliphatic carbocycles. The SMILES string of the molecule is CCNCC(CC)(CC)Cc1ccc(Cl)c(F)c1. The van der Waals surface area contributed by atoms with Gasteiger partial charge in [-0.05, 0) is 48.9 Å². The first-order valence-electron chi connectivity index (χ1n) is 6.71. The van der Waals surface area contributed by atoms with Gasteiger partial charge in [0.05, 0.1) is 5.02 Å². The molecule has 1 N–H and O–H groups in total. The number of rotatable bonds is 7. The molecule has 0 saturated carbocycles. The first-order valence-corrected chi connectivity index (χ1v) is 7.09. The van der Waals surface area contributed by atoms with Crippen molar-refractivity contribution in [3.8, 4) is 0 Å². The highest BCUT2D eigenvalue weighted by Gasteiger charge is 2.26. The molecular formula is C15H23ClFN. The van der Waals surface area contributed by atoms with Crippen LogP contribution in [0, 0.1) is 11.2 Å². The Bertz CT molecular complexity index is 375. The molecule has 0 radical (unpaired) electrons. The summed E-state index contributed by atoms with van der Waals surface area (Å²) in [6.45, 7) is 8.45. The van der Waals surface area contributed by atoms with Crippen LogP contribution >= 0.6 is 11.6 Å². The smallest absolute Gasteiger partial charge is 0.142 e. The molecule has 0 bridgehead atoms. The monoisotopic (exact) mass is 271 g/mol. The normalized spacial score (nSPS) is 11.8. The number of nitrogens with one attached hydrogen (secondary N) is 1. The molecule has 0 aliphatic heterocycles. The highest BCUT2D eigenvalue weighted by molar-refractivity contribution is 6.30. The fourth-order valence-corrected chi connectivity index (χ4v) is 2.40. The number of hydrogen-bond acceptors (Lipinski definition) is 1. The molecule has 0 heterocycles. The maximum absolute atomic E-state index is 13.5. The minimum atomic E-state index is -0.321. The molecule has 0 amide bonds. The predicted octanol–water partition coefficient (Wildman–Crippen LogP) is 4.44. The zero-order valence-corrected chi connectivity index (χ0v) is 12.3. The molecule has 0 aromatic heterocycles. The Morgan fingerprint density at radius 2 is 1.89 bits per heavy atom. The van der Waals surface area contributed by atoms with Crippen molar-refractivity contribution < 1.29 is 4.39 Å². The molecule has 0 aliphatic rings. The standard InChI is InChI=1S/C15H23ClFN/c1-4-15(5-2,11-18-6-3)10-12-7-8-13(16)14(17)9-12/h7-9,18H,4-6,10-11H2,1-3H3. The summed E-state index contributed by atoms with van der Waals surface area (Å²) in [5, 5.41) is 3.62. The summed E-state index contributed by atoms with van der Waals surface area (Å²) >= 11 is 5.72. The Morgan fingerprint density at radius 1 is 1.22 bits per heavy atom. The van der Waals surface area contributed by atoms with Crippen LogP contribution in [0.2, 0.25) is 5.02 Å². The van der Waals surface area contributed by atoms with Crippen LogP contribution in [0.25, 0.3) is 0 Å². The van der Waals surface area contributed by atoms with Gasteiger partial charge in [0.25, 0.3) is 0 Å². The Balaban J connectivity index is 2.84. The van der Waals surface area contributed by atoms with Crippen molar-refractivity contribution in [3.63, 3.8) is 0 Å². The summed E-state index contributed by atoms with van der Waals surface area (Å²) in [5.74, 6) is -0.321. The third-order valence-electron chi connectivity index (χ3n) is 3.81. The second-order valence-electron chi connectivity index (χ2n) is 4.91. The van der Waals surface area contributed by atoms with E-state index in [1.54, 1.807) is 12.1 Å². The van der Waals surface area contributed by atoms with Crippen LogP contribution in [-0.2, 0) is 6.42 Å². The lowest BCUT2D eigenvalue weighted by Gasteiger charge is -2.32. The van der Waals surface area contributed by atoms with E-state index in [1.807, 2.05) is 6.07 Å². The summed E-state index contributed by atoms with van der Waals surface area (Å²) in [4.78, 5) is 0. The van der Waals surface area contributed by atoms with Gasteiger partial charge in [-0.3, -0.25) is 0 Å². The average Bonchev–Trinajstić information content (AvgIpc) is 2.39. The van der Waals surface area contributed by atoms with Gasteiger partial charge in [-0.2, -0.15) is 0 Å². The third-order valence-corrected chi connectivity index (χ3v) is 4.12. The van der Waals surface area contributed by atoms with Crippen molar-refractivity contribution in [1.29, 1.82) is 0 Å². The van der Waals surface area contributed by atoms with Crippen molar-refractivity contribution in [3.05, 3.63) is 34.6 Å². The van der Waals surface area contributed by atoms with Gasteiger partial charge in [0.2, 0.25) is 0 Å². The van der Waals surface area contributed by atoms with Crippen LogP contribution in [0.1, 0.15) is 39.2 Å². The number of benzene rings is 1. The van der Waals surface area contributed by atoms with Crippen LogP contribution in [0.5, 0.6) is 0 Å². The van der Waals surface area contributed by atoms with Crippen molar-refractivity contribution >= 4 is 11.6 Å². The lowest BCUT2D eigenvalue weighted by molar-refractivity contribution is 0.248. The molecule has 0 atom stereocenters. The number of hydrogen-bond donors (Lipinski definition) is 1. The molecule has 0 unspecified atom stereocenters. The maximum Gasteiger partial charge on any atom is 0.142 e. The van der Waals surface area contributed by atoms with E-state index in [0.29, 0.717) is 0 Å². The largest absolute Gasteiger partial charge is 0.316 e. The maximum atomic E-state index is 13.5. The van der Waals surface area contributed by atoms with E-state index in [-0.39, 0.29) is 16.3 Å². The Morgan fingerprint density at radius 3 is 2.39 bits per heavy atom. The van der Waals surface area contributed by atoms with Crippen LogP contribution < -0.4 is 5.32 Å². The lowest BCUT2D eigenvalue weighted by atomic mass is 9.77. The summed E-state index contributed by atoms with van der Waals surface area (Å²) in [6.07, 6.45) is 3.06. The summed E-state index contributed by atoms with van der Waals surface area (Å²) in [5.41, 5.74) is 1.23. The van der Waals surface area contributed by atoms with E-state index in [1.165, 1.54) is 0 Å². The molecule has 0 spiro atoms. The molecule has 1 rings (SSSR count). The highest BCUT2D eigenvalue weighted by Crippen LogP contribution is 2.31. The summed E-state index contributed by atoms with van der Waals surface area (Å²) < 4.78 is 13.5. The first kappa shape index (κ1) is 15.5. The molecule has 1 aromatic rings. The minimum Gasteiger partial charge on any atom is -0.316 e. The third kappa shape index (κ3) is 3.96. The van der Waals surface area contributed by atoms with Gasteiger partial charge in [0.1, 0.15) is 5.82 Å². The Labute approximate surface area is 115 Å². The highest BCUT2D eigenvalue weighted by atomic mass is 35.5. The Hall–Kier alpha value is -0.600. The van der Waals surface area contributed by atoms with Gasteiger partial charge in [0, 0.05) is 6.54 Å². The second-order valence-corrected chi connectivity index (χ2v) is 5.32. The van der Waals surface area contributed by atoms with Crippen molar-refractivity contribution in [2.45, 2.75) is 40.0 Å². The van der Waals surface area contributed by atoms with E-state index >= 15 is 0 Å².